The van der Waals surface area contributed by atoms with Gasteiger partial charge in [-0.3, -0.25) is 0 Å². The topological polar surface area (TPSA) is 0 Å². The molecule has 0 saturated carbocycles. The molecule has 0 aliphatic heterocycles. The van der Waals surface area contributed by atoms with Crippen LogP contribution in [0.5, 0.6) is 0 Å². The van der Waals surface area contributed by atoms with Crippen LogP contribution in [-0.4, -0.2) is 19.8 Å². The fraction of sp³-hybridized carbons (Fsp3) is 0.667. The Labute approximate surface area is 40.6 Å². The Bertz CT molecular complexity index is 3.25. The Kier molecular flexibility index (Phi) is 20.8. The molecule has 0 aromatic heterocycles. The molecular formula is C3H10Ga. The zero-order valence-electron chi connectivity index (χ0n) is 2.41. The second-order valence-corrected chi connectivity index (χ2v) is 0.500. The van der Waals surface area contributed by atoms with Gasteiger partial charge in [0, 0.05) is 0 Å². The van der Waals surface area contributed by atoms with Crippen LogP contribution < -0.4 is 0 Å². The van der Waals surface area contributed by atoms with Crippen LogP contribution in [0.3, 0.4) is 0 Å². The molecule has 0 nitrogen and oxygen atoms in total. The van der Waals surface area contributed by atoms with Crippen LogP contribution in [0.1, 0.15) is 13.3 Å². The van der Waals surface area contributed by atoms with Crippen molar-refractivity contribution in [2.45, 2.75) is 13.3 Å². The maximum atomic E-state index is 3.49. The van der Waals surface area contributed by atoms with Gasteiger partial charge in [0.2, 0.25) is 0 Å². The molecule has 0 unspecified atom stereocenters. The summed E-state index contributed by atoms with van der Waals surface area (Å²) in [5, 5.41) is 0. The van der Waals surface area contributed by atoms with Gasteiger partial charge in [0.05, 0.1) is 0 Å². The zero-order chi connectivity index (χ0) is 2.71. The van der Waals surface area contributed by atoms with Crippen molar-refractivity contribution in [3.05, 3.63) is 6.92 Å². The van der Waals surface area contributed by atoms with E-state index in [-0.39, 0.29) is 19.8 Å². The first-order valence-electron chi connectivity index (χ1n) is 1.21. The van der Waals surface area contributed by atoms with Crippen molar-refractivity contribution in [1.82, 2.24) is 0 Å². The summed E-state index contributed by atoms with van der Waals surface area (Å²) in [6.07, 6.45) is 1.00. The van der Waals surface area contributed by atoms with Gasteiger partial charge < -0.3 is 0 Å². The van der Waals surface area contributed by atoms with Crippen LogP contribution in [0.4, 0.5) is 0 Å². The normalized spacial score (nSPS) is 4.50. The minimum absolute atomic E-state index is 0. The predicted octanol–water partition coefficient (Wildman–Crippen LogP) is 0.0466. The summed E-state index contributed by atoms with van der Waals surface area (Å²) in [5.74, 6) is 0. The molecule has 0 amide bonds. The molecule has 1 heteroatoms. The van der Waals surface area contributed by atoms with Crippen LogP contribution in [0.2, 0.25) is 0 Å². The molecule has 0 aliphatic rings. The summed E-state index contributed by atoms with van der Waals surface area (Å²) in [6, 6.07) is 0. The Morgan fingerprint density at radius 2 is 1.75 bits per heavy atom. The minimum atomic E-state index is 0. The average Bonchev–Trinajstić information content (AvgIpc) is 0.918. The van der Waals surface area contributed by atoms with Crippen molar-refractivity contribution in [1.29, 1.82) is 0 Å². The van der Waals surface area contributed by atoms with E-state index in [4.69, 9.17) is 0 Å². The summed E-state index contributed by atoms with van der Waals surface area (Å²) in [7, 11) is 0. The van der Waals surface area contributed by atoms with E-state index < -0.39 is 0 Å². The van der Waals surface area contributed by atoms with E-state index in [1.165, 1.54) is 0 Å². The van der Waals surface area contributed by atoms with E-state index in [0.717, 1.165) is 6.42 Å². The van der Waals surface area contributed by atoms with Gasteiger partial charge in [0.25, 0.3) is 0 Å². The quantitative estimate of drug-likeness (QED) is 0.392. The van der Waals surface area contributed by atoms with Gasteiger partial charge in [-0.25, -0.2) is 0 Å². The van der Waals surface area contributed by atoms with Crippen molar-refractivity contribution in [2.75, 3.05) is 0 Å². The molecule has 0 rings (SSSR count). The molecular weight excluding hydrogens is 106 g/mol. The van der Waals surface area contributed by atoms with Crippen LogP contribution in [0.15, 0.2) is 0 Å². The molecule has 0 atom stereocenters. The molecule has 0 bridgehead atoms. The molecule has 0 saturated heterocycles. The fourth-order valence-electron chi connectivity index (χ4n) is 0. The summed E-state index contributed by atoms with van der Waals surface area (Å²) >= 11 is 0. The van der Waals surface area contributed by atoms with E-state index in [2.05, 4.69) is 6.92 Å². The van der Waals surface area contributed by atoms with Crippen LogP contribution >= 0.6 is 0 Å². The SMILES string of the molecule is [CH2]CC.[GaH3]. The Balaban J connectivity index is 0. The zero-order valence-corrected chi connectivity index (χ0v) is 2.41. The first kappa shape index (κ1) is 8.82. The summed E-state index contributed by atoms with van der Waals surface area (Å²) in [5.41, 5.74) is 0. The Morgan fingerprint density at radius 1 is 1.75 bits per heavy atom. The molecule has 0 heterocycles. The first-order valence-corrected chi connectivity index (χ1v) is 1.21. The van der Waals surface area contributed by atoms with Crippen LogP contribution in [-0.2, 0) is 0 Å². The molecule has 0 N–H and O–H groups in total. The van der Waals surface area contributed by atoms with Gasteiger partial charge in [-0.15, -0.1) is 0 Å². The third-order valence-corrected chi connectivity index (χ3v) is 0. The van der Waals surface area contributed by atoms with Gasteiger partial charge in [0.1, 0.15) is 0 Å². The van der Waals surface area contributed by atoms with Crippen LogP contribution in [0.25, 0.3) is 0 Å². The number of rotatable bonds is 0. The van der Waals surface area contributed by atoms with Gasteiger partial charge >= 0.3 is 19.8 Å². The second kappa shape index (κ2) is 9.44. The fourth-order valence-corrected chi connectivity index (χ4v) is 0. The van der Waals surface area contributed by atoms with Crippen molar-refractivity contribution in [3.63, 3.8) is 0 Å². The molecule has 1 radical (unpaired) electrons. The van der Waals surface area contributed by atoms with E-state index in [1.807, 2.05) is 6.92 Å². The van der Waals surface area contributed by atoms with Gasteiger partial charge in [-0.2, -0.15) is 0 Å². The molecule has 25 valence electrons. The van der Waals surface area contributed by atoms with E-state index in [9.17, 15) is 0 Å². The van der Waals surface area contributed by atoms with E-state index >= 15 is 0 Å². The van der Waals surface area contributed by atoms with Crippen LogP contribution in [0, 0.1) is 6.92 Å². The molecule has 0 aromatic carbocycles. The number of hydrogen-bond acceptors (Lipinski definition) is 0. The third kappa shape index (κ3) is 17.4. The summed E-state index contributed by atoms with van der Waals surface area (Å²) in [6.45, 7) is 5.50. The van der Waals surface area contributed by atoms with Gasteiger partial charge in [0.15, 0.2) is 0 Å². The third-order valence-electron chi connectivity index (χ3n) is 0. The van der Waals surface area contributed by atoms with Gasteiger partial charge in [-0.1, -0.05) is 20.3 Å². The van der Waals surface area contributed by atoms with Gasteiger partial charge in [-0.05, 0) is 0 Å². The van der Waals surface area contributed by atoms with Crippen molar-refractivity contribution in [3.8, 4) is 0 Å². The average molecular weight is 116 g/mol. The monoisotopic (exact) mass is 115 g/mol. The Hall–Kier alpha value is 0.636. The van der Waals surface area contributed by atoms with Crippen molar-refractivity contribution >= 4 is 19.8 Å². The maximum absolute atomic E-state index is 3.49. The number of hydrogen-bond donors (Lipinski definition) is 0. The molecule has 4 heavy (non-hydrogen) atoms. The van der Waals surface area contributed by atoms with E-state index in [0.29, 0.717) is 0 Å². The molecule has 0 fully saturated rings. The standard InChI is InChI=1S/C3H7.Ga.3H/c1-3-2;;;;/h1,3H2,2H3;;;;. The first-order chi connectivity index (χ1) is 1.41. The second-order valence-electron chi connectivity index (χ2n) is 0.500. The summed E-state index contributed by atoms with van der Waals surface area (Å²) in [4.78, 5) is 0. The molecule has 0 spiro atoms. The summed E-state index contributed by atoms with van der Waals surface area (Å²) < 4.78 is 0. The Morgan fingerprint density at radius 3 is 1.75 bits per heavy atom. The van der Waals surface area contributed by atoms with E-state index in [1.54, 1.807) is 0 Å². The van der Waals surface area contributed by atoms with Crippen molar-refractivity contribution < 1.29 is 0 Å². The van der Waals surface area contributed by atoms with Crippen molar-refractivity contribution in [2.24, 2.45) is 0 Å². The molecule has 0 aliphatic carbocycles. The molecule has 0 aromatic rings. The predicted molar refractivity (Wildman–Crippen MR) is 25.6 cm³/mol.